The van der Waals surface area contributed by atoms with Gasteiger partial charge in [-0.05, 0) is 24.3 Å². The molecule has 0 radical (unpaired) electrons. The molecule has 3 aromatic heterocycles. The summed E-state index contributed by atoms with van der Waals surface area (Å²) < 4.78 is 75.8. The van der Waals surface area contributed by atoms with E-state index in [2.05, 4.69) is 15.1 Å². The minimum Gasteiger partial charge on any atom is -0.354 e. The second kappa shape index (κ2) is 8.21. The van der Waals surface area contributed by atoms with Crippen LogP contribution < -0.4 is 4.57 Å². The summed E-state index contributed by atoms with van der Waals surface area (Å²) in [6.45, 7) is -0.0672. The lowest BCUT2D eigenvalue weighted by molar-refractivity contribution is -0.689. The van der Waals surface area contributed by atoms with Crippen molar-refractivity contribution < 1.29 is 31.0 Å². The number of aromatic amines is 1. The molecule has 0 atom stereocenters. The van der Waals surface area contributed by atoms with E-state index in [0.29, 0.717) is 16.5 Å². The van der Waals surface area contributed by atoms with Crippen LogP contribution in [0.4, 0.5) is 22.0 Å². The number of hydrogen-bond donors (Lipinski definition) is 1. The first kappa shape index (κ1) is 22.0. The standard InChI is InChI=1S/C23H12ClF5N4O/c24-13-6-4-12(5-7-13)18-8-14(34-32-18)9-33-10-16(23(27,28)29)21-19(11-33)30-22(31-21)15-2-1-3-17(25)20(15)26/h1-8,10-11H,9H2/p+1. The summed E-state index contributed by atoms with van der Waals surface area (Å²) in [5, 5.41) is 4.51. The van der Waals surface area contributed by atoms with E-state index in [9.17, 15) is 22.0 Å². The van der Waals surface area contributed by atoms with Crippen LogP contribution in [0.2, 0.25) is 5.02 Å². The van der Waals surface area contributed by atoms with Crippen LogP contribution in [0.3, 0.4) is 0 Å². The molecule has 0 aliphatic rings. The lowest BCUT2D eigenvalue weighted by Crippen LogP contribution is -2.35. The minimum atomic E-state index is -4.75. The molecule has 0 saturated carbocycles. The highest BCUT2D eigenvalue weighted by molar-refractivity contribution is 6.30. The van der Waals surface area contributed by atoms with E-state index in [0.717, 1.165) is 17.8 Å². The van der Waals surface area contributed by atoms with Crippen LogP contribution >= 0.6 is 11.6 Å². The van der Waals surface area contributed by atoms with Crippen LogP contribution in [0.5, 0.6) is 0 Å². The van der Waals surface area contributed by atoms with Gasteiger partial charge in [0, 0.05) is 16.7 Å². The summed E-state index contributed by atoms with van der Waals surface area (Å²) in [7, 11) is 0. The van der Waals surface area contributed by atoms with Crippen LogP contribution in [-0.2, 0) is 12.7 Å². The molecule has 0 saturated heterocycles. The molecule has 0 bridgehead atoms. The zero-order chi connectivity index (χ0) is 24.0. The van der Waals surface area contributed by atoms with Gasteiger partial charge in [0.05, 0.1) is 5.56 Å². The molecule has 2 aromatic carbocycles. The lowest BCUT2D eigenvalue weighted by Gasteiger charge is -2.05. The number of nitrogens with zero attached hydrogens (tertiary/aromatic N) is 3. The maximum Gasteiger partial charge on any atom is 0.424 e. The first-order valence-corrected chi connectivity index (χ1v) is 10.2. The monoisotopic (exact) mass is 491 g/mol. The molecule has 0 amide bonds. The third kappa shape index (κ3) is 4.12. The average molecular weight is 492 g/mol. The Hall–Kier alpha value is -3.79. The van der Waals surface area contributed by atoms with E-state index in [1.54, 1.807) is 30.3 Å². The second-order valence-electron chi connectivity index (χ2n) is 7.48. The third-order valence-electron chi connectivity index (χ3n) is 5.13. The van der Waals surface area contributed by atoms with Gasteiger partial charge >= 0.3 is 6.18 Å². The Labute approximate surface area is 193 Å². The molecule has 5 rings (SSSR count). The fourth-order valence-corrected chi connectivity index (χ4v) is 3.68. The molecular weight excluding hydrogens is 479 g/mol. The number of benzene rings is 2. The summed E-state index contributed by atoms with van der Waals surface area (Å²) >= 11 is 5.88. The van der Waals surface area contributed by atoms with Crippen LogP contribution in [-0.4, -0.2) is 15.1 Å². The fraction of sp³-hybridized carbons (Fsp3) is 0.0870. The molecule has 11 heteroatoms. The first-order chi connectivity index (χ1) is 16.2. The third-order valence-corrected chi connectivity index (χ3v) is 5.38. The van der Waals surface area contributed by atoms with Crippen LogP contribution in [0.1, 0.15) is 11.3 Å². The van der Waals surface area contributed by atoms with Crippen molar-refractivity contribution in [2.24, 2.45) is 0 Å². The molecule has 0 unspecified atom stereocenters. The number of H-pyrrole nitrogens is 1. The summed E-state index contributed by atoms with van der Waals surface area (Å²) in [6.07, 6.45) is -2.49. The van der Waals surface area contributed by atoms with Gasteiger partial charge in [-0.25, -0.2) is 13.8 Å². The molecule has 172 valence electrons. The fourth-order valence-electron chi connectivity index (χ4n) is 3.55. The average Bonchev–Trinajstić information content (AvgIpc) is 3.42. The number of halogens is 6. The SMILES string of the molecule is Fc1cccc(-c2nc3c(C(F)(F)F)c[n+](Cc4cc(-c5ccc(Cl)cc5)no4)cc3[nH]2)c1F. The summed E-state index contributed by atoms with van der Waals surface area (Å²) in [4.78, 5) is 6.57. The van der Waals surface area contributed by atoms with E-state index in [1.807, 2.05) is 0 Å². The summed E-state index contributed by atoms with van der Waals surface area (Å²) in [5.74, 6) is -2.26. The van der Waals surface area contributed by atoms with Gasteiger partial charge in [0.1, 0.15) is 28.1 Å². The quantitative estimate of drug-likeness (QED) is 0.241. The van der Waals surface area contributed by atoms with E-state index in [1.165, 1.54) is 22.9 Å². The largest absolute Gasteiger partial charge is 0.424 e. The van der Waals surface area contributed by atoms with Gasteiger partial charge in [0.2, 0.25) is 12.3 Å². The Morgan fingerprint density at radius 3 is 2.53 bits per heavy atom. The van der Waals surface area contributed by atoms with Crippen molar-refractivity contribution in [3.05, 3.63) is 88.9 Å². The van der Waals surface area contributed by atoms with E-state index < -0.39 is 28.9 Å². The number of imidazole rings is 1. The van der Waals surface area contributed by atoms with Crippen molar-refractivity contribution in [2.75, 3.05) is 0 Å². The number of rotatable bonds is 4. The van der Waals surface area contributed by atoms with Crippen molar-refractivity contribution in [1.29, 1.82) is 0 Å². The van der Waals surface area contributed by atoms with Gasteiger partial charge in [-0.2, -0.15) is 17.7 Å². The maximum absolute atomic E-state index is 14.2. The summed E-state index contributed by atoms with van der Waals surface area (Å²) in [5.41, 5.74) is -0.519. The Kier molecular flexibility index (Phi) is 5.32. The van der Waals surface area contributed by atoms with E-state index in [-0.39, 0.29) is 23.4 Å². The predicted octanol–water partition coefficient (Wildman–Crippen LogP) is 6.17. The molecule has 0 fully saturated rings. The number of hydrogen-bond acceptors (Lipinski definition) is 3. The molecule has 1 N–H and O–H groups in total. The number of alkyl halides is 3. The van der Waals surface area contributed by atoms with Gasteiger partial charge in [-0.1, -0.05) is 35.0 Å². The Balaban J connectivity index is 1.55. The van der Waals surface area contributed by atoms with Gasteiger partial charge in [0.25, 0.3) is 0 Å². The molecule has 0 aliphatic carbocycles. The van der Waals surface area contributed by atoms with Crippen LogP contribution in [0.25, 0.3) is 33.7 Å². The molecule has 3 heterocycles. The molecular formula is C23H13ClF5N4O+. The second-order valence-corrected chi connectivity index (χ2v) is 7.91. The normalized spacial score (nSPS) is 11.9. The number of nitrogens with one attached hydrogen (secondary N) is 1. The Bertz CT molecular complexity index is 1510. The smallest absolute Gasteiger partial charge is 0.354 e. The van der Waals surface area contributed by atoms with Crippen molar-refractivity contribution >= 4 is 22.6 Å². The van der Waals surface area contributed by atoms with Crippen molar-refractivity contribution in [3.8, 4) is 22.6 Å². The van der Waals surface area contributed by atoms with Gasteiger partial charge in [-0.15, -0.1) is 0 Å². The number of aromatic nitrogens is 4. The van der Waals surface area contributed by atoms with Crippen LogP contribution in [0, 0.1) is 11.6 Å². The molecule has 0 aliphatic heterocycles. The highest BCUT2D eigenvalue weighted by atomic mass is 35.5. The van der Waals surface area contributed by atoms with Crippen molar-refractivity contribution in [3.63, 3.8) is 0 Å². The van der Waals surface area contributed by atoms with Crippen molar-refractivity contribution in [2.45, 2.75) is 12.7 Å². The lowest BCUT2D eigenvalue weighted by atomic mass is 10.1. The Morgan fingerprint density at radius 2 is 1.79 bits per heavy atom. The zero-order valence-electron chi connectivity index (χ0n) is 17.0. The molecule has 34 heavy (non-hydrogen) atoms. The maximum atomic E-state index is 14.2. The topological polar surface area (TPSA) is 58.6 Å². The Morgan fingerprint density at radius 1 is 1.03 bits per heavy atom. The minimum absolute atomic E-state index is 0.00840. The molecule has 0 spiro atoms. The highest BCUT2D eigenvalue weighted by Crippen LogP contribution is 2.34. The highest BCUT2D eigenvalue weighted by Gasteiger charge is 2.38. The van der Waals surface area contributed by atoms with Gasteiger partial charge in [-0.3, -0.25) is 0 Å². The van der Waals surface area contributed by atoms with Crippen molar-refractivity contribution in [1.82, 2.24) is 15.1 Å². The van der Waals surface area contributed by atoms with E-state index >= 15 is 0 Å². The van der Waals surface area contributed by atoms with Gasteiger partial charge in [0.15, 0.2) is 24.0 Å². The number of pyridine rings is 1. The predicted molar refractivity (Wildman–Crippen MR) is 113 cm³/mol. The number of fused-ring (bicyclic) bond motifs is 1. The van der Waals surface area contributed by atoms with Crippen LogP contribution in [0.15, 0.2) is 65.4 Å². The first-order valence-electron chi connectivity index (χ1n) is 9.85. The summed E-state index contributed by atoms with van der Waals surface area (Å²) in [6, 6.07) is 11.8. The van der Waals surface area contributed by atoms with Gasteiger partial charge < -0.3 is 9.51 Å². The van der Waals surface area contributed by atoms with E-state index in [4.69, 9.17) is 16.1 Å². The molecule has 5 nitrogen and oxygen atoms in total. The molecule has 5 aromatic rings. The zero-order valence-corrected chi connectivity index (χ0v) is 17.8.